The summed E-state index contributed by atoms with van der Waals surface area (Å²) in [5.41, 5.74) is 2.15. The summed E-state index contributed by atoms with van der Waals surface area (Å²) in [6.45, 7) is 10.2. The van der Waals surface area contributed by atoms with Crippen molar-refractivity contribution in [2.45, 2.75) is 27.7 Å². The van der Waals surface area contributed by atoms with E-state index in [1.54, 1.807) is 0 Å². The second-order valence-corrected chi connectivity index (χ2v) is 4.04. The van der Waals surface area contributed by atoms with Gasteiger partial charge in [0.25, 0.3) is 0 Å². The van der Waals surface area contributed by atoms with Crippen LogP contribution in [0.2, 0.25) is 0 Å². The quantitative estimate of drug-likeness (QED) is 0.784. The Morgan fingerprint density at radius 3 is 2.24 bits per heavy atom. The molecular weight excluding hydrogens is 212 g/mol. The van der Waals surface area contributed by atoms with Gasteiger partial charge in [-0.25, -0.2) is 4.79 Å². The van der Waals surface area contributed by atoms with Crippen LogP contribution >= 0.6 is 0 Å². The number of hydrogen-bond donors (Lipinski definition) is 0. The summed E-state index contributed by atoms with van der Waals surface area (Å²) in [6.07, 6.45) is 0. The lowest BCUT2D eigenvalue weighted by Gasteiger charge is -2.28. The second kappa shape index (κ2) is 6.28. The minimum Gasteiger partial charge on any atom is -0.325 e. The standard InChI is InChI=1S/C14H22N2O/c1-5-15(6-2)14(17)16(7-3)13-10-8-9-12(4)11-13/h8-11H,5-7H2,1-4H3. The summed E-state index contributed by atoms with van der Waals surface area (Å²) in [7, 11) is 0. The van der Waals surface area contributed by atoms with Gasteiger partial charge in [0.1, 0.15) is 0 Å². The highest BCUT2D eigenvalue weighted by Gasteiger charge is 2.18. The zero-order chi connectivity index (χ0) is 12.8. The first-order chi connectivity index (χ1) is 8.13. The molecule has 0 N–H and O–H groups in total. The van der Waals surface area contributed by atoms with Crippen molar-refractivity contribution in [2.24, 2.45) is 0 Å². The molecule has 2 amide bonds. The Balaban J connectivity index is 2.95. The average molecular weight is 234 g/mol. The molecule has 0 aliphatic carbocycles. The number of urea groups is 1. The molecule has 0 unspecified atom stereocenters. The summed E-state index contributed by atoms with van der Waals surface area (Å²) < 4.78 is 0. The highest BCUT2D eigenvalue weighted by molar-refractivity contribution is 5.92. The van der Waals surface area contributed by atoms with E-state index in [2.05, 4.69) is 0 Å². The van der Waals surface area contributed by atoms with Gasteiger partial charge >= 0.3 is 6.03 Å². The Morgan fingerprint density at radius 2 is 1.76 bits per heavy atom. The van der Waals surface area contributed by atoms with Crippen LogP contribution in [0, 0.1) is 6.92 Å². The Kier molecular flexibility index (Phi) is 5.01. The predicted octanol–water partition coefficient (Wildman–Crippen LogP) is 3.28. The molecule has 0 aromatic heterocycles. The molecule has 0 bridgehead atoms. The fourth-order valence-corrected chi connectivity index (χ4v) is 1.89. The van der Waals surface area contributed by atoms with Gasteiger partial charge in [0.2, 0.25) is 0 Å². The maximum Gasteiger partial charge on any atom is 0.324 e. The van der Waals surface area contributed by atoms with E-state index >= 15 is 0 Å². The zero-order valence-corrected chi connectivity index (χ0v) is 11.2. The van der Waals surface area contributed by atoms with Gasteiger partial charge in [-0.3, -0.25) is 4.90 Å². The Morgan fingerprint density at radius 1 is 1.12 bits per heavy atom. The van der Waals surface area contributed by atoms with Gasteiger partial charge in [-0.1, -0.05) is 12.1 Å². The van der Waals surface area contributed by atoms with E-state index in [1.165, 1.54) is 5.56 Å². The van der Waals surface area contributed by atoms with Gasteiger partial charge in [-0.15, -0.1) is 0 Å². The molecule has 0 fully saturated rings. The molecular formula is C14H22N2O. The summed E-state index contributed by atoms with van der Waals surface area (Å²) in [6, 6.07) is 8.15. The van der Waals surface area contributed by atoms with Gasteiger partial charge in [0.15, 0.2) is 0 Å². The number of amides is 2. The third kappa shape index (κ3) is 3.22. The van der Waals surface area contributed by atoms with Crippen molar-refractivity contribution in [3.05, 3.63) is 29.8 Å². The SMILES string of the molecule is CCN(CC)C(=O)N(CC)c1cccc(C)c1. The van der Waals surface area contributed by atoms with Crippen LogP contribution in [0.1, 0.15) is 26.3 Å². The molecule has 3 heteroatoms. The minimum absolute atomic E-state index is 0.0862. The molecule has 1 aromatic carbocycles. The van der Waals surface area contributed by atoms with Gasteiger partial charge in [0.05, 0.1) is 0 Å². The number of rotatable bonds is 4. The molecule has 0 aliphatic rings. The molecule has 17 heavy (non-hydrogen) atoms. The van der Waals surface area contributed by atoms with Crippen LogP contribution in [0.25, 0.3) is 0 Å². The maximum atomic E-state index is 12.3. The van der Waals surface area contributed by atoms with Crippen LogP contribution in [0.4, 0.5) is 10.5 Å². The van der Waals surface area contributed by atoms with E-state index in [1.807, 2.05) is 61.8 Å². The van der Waals surface area contributed by atoms with Crippen LogP contribution in [-0.4, -0.2) is 30.6 Å². The Hall–Kier alpha value is -1.51. The summed E-state index contributed by atoms with van der Waals surface area (Å²) in [5, 5.41) is 0. The monoisotopic (exact) mass is 234 g/mol. The number of benzene rings is 1. The number of carbonyl (C=O) groups excluding carboxylic acids is 1. The molecule has 0 heterocycles. The van der Waals surface area contributed by atoms with E-state index in [4.69, 9.17) is 0 Å². The van der Waals surface area contributed by atoms with Crippen molar-refractivity contribution in [3.63, 3.8) is 0 Å². The van der Waals surface area contributed by atoms with E-state index < -0.39 is 0 Å². The van der Waals surface area contributed by atoms with Crippen molar-refractivity contribution in [1.29, 1.82) is 0 Å². The van der Waals surface area contributed by atoms with Gasteiger partial charge in [-0.05, 0) is 45.4 Å². The van der Waals surface area contributed by atoms with E-state index in [-0.39, 0.29) is 6.03 Å². The minimum atomic E-state index is 0.0862. The van der Waals surface area contributed by atoms with Crippen LogP contribution < -0.4 is 4.90 Å². The molecule has 0 saturated carbocycles. The normalized spacial score (nSPS) is 10.1. The zero-order valence-electron chi connectivity index (χ0n) is 11.2. The number of anilines is 1. The van der Waals surface area contributed by atoms with Crippen molar-refractivity contribution in [3.8, 4) is 0 Å². The third-order valence-corrected chi connectivity index (χ3v) is 2.89. The van der Waals surface area contributed by atoms with Gasteiger partial charge in [-0.2, -0.15) is 0 Å². The highest BCUT2D eigenvalue weighted by Crippen LogP contribution is 2.17. The number of aryl methyl sites for hydroxylation is 1. The van der Waals surface area contributed by atoms with Crippen molar-refractivity contribution in [2.75, 3.05) is 24.5 Å². The number of hydrogen-bond acceptors (Lipinski definition) is 1. The average Bonchev–Trinajstić information content (AvgIpc) is 2.31. The lowest BCUT2D eigenvalue weighted by atomic mass is 10.2. The summed E-state index contributed by atoms with van der Waals surface area (Å²) in [4.78, 5) is 16.0. The topological polar surface area (TPSA) is 23.6 Å². The van der Waals surface area contributed by atoms with Crippen molar-refractivity contribution < 1.29 is 4.79 Å². The lowest BCUT2D eigenvalue weighted by molar-refractivity contribution is 0.210. The first-order valence-electron chi connectivity index (χ1n) is 6.27. The second-order valence-electron chi connectivity index (χ2n) is 4.04. The number of carbonyl (C=O) groups is 1. The van der Waals surface area contributed by atoms with Gasteiger partial charge in [0, 0.05) is 25.3 Å². The smallest absolute Gasteiger partial charge is 0.324 e. The van der Waals surface area contributed by atoms with Gasteiger partial charge < -0.3 is 4.90 Å². The molecule has 0 spiro atoms. The Labute approximate surface area is 104 Å². The van der Waals surface area contributed by atoms with Crippen LogP contribution in [-0.2, 0) is 0 Å². The van der Waals surface area contributed by atoms with Crippen LogP contribution in [0.3, 0.4) is 0 Å². The molecule has 0 aliphatic heterocycles. The fraction of sp³-hybridized carbons (Fsp3) is 0.500. The van der Waals surface area contributed by atoms with Crippen molar-refractivity contribution in [1.82, 2.24) is 4.90 Å². The molecule has 0 radical (unpaired) electrons. The molecule has 1 rings (SSSR count). The molecule has 94 valence electrons. The molecule has 3 nitrogen and oxygen atoms in total. The predicted molar refractivity (Wildman–Crippen MR) is 72.5 cm³/mol. The fourth-order valence-electron chi connectivity index (χ4n) is 1.89. The first kappa shape index (κ1) is 13.6. The largest absolute Gasteiger partial charge is 0.325 e. The Bertz CT molecular complexity index is 372. The molecule has 1 aromatic rings. The lowest BCUT2D eigenvalue weighted by Crippen LogP contribution is -2.43. The van der Waals surface area contributed by atoms with Crippen LogP contribution in [0.15, 0.2) is 24.3 Å². The molecule has 0 saturated heterocycles. The highest BCUT2D eigenvalue weighted by atomic mass is 16.2. The van der Waals surface area contributed by atoms with E-state index in [9.17, 15) is 4.79 Å². The molecule has 0 atom stereocenters. The van der Waals surface area contributed by atoms with E-state index in [0.717, 1.165) is 18.8 Å². The maximum absolute atomic E-state index is 12.3. The summed E-state index contributed by atoms with van der Waals surface area (Å²) >= 11 is 0. The third-order valence-electron chi connectivity index (χ3n) is 2.89. The van der Waals surface area contributed by atoms with E-state index in [0.29, 0.717) is 6.54 Å². The van der Waals surface area contributed by atoms with Crippen molar-refractivity contribution >= 4 is 11.7 Å². The van der Waals surface area contributed by atoms with Crippen LogP contribution in [0.5, 0.6) is 0 Å². The number of nitrogens with zero attached hydrogens (tertiary/aromatic N) is 2. The first-order valence-corrected chi connectivity index (χ1v) is 6.27. The summed E-state index contributed by atoms with van der Waals surface area (Å²) in [5.74, 6) is 0.